The fourth-order valence-corrected chi connectivity index (χ4v) is 1.63. The summed E-state index contributed by atoms with van der Waals surface area (Å²) in [5.74, 6) is 0. The third-order valence-corrected chi connectivity index (χ3v) is 2.76. The second-order valence-corrected chi connectivity index (χ2v) is 4.76. The predicted molar refractivity (Wildman–Crippen MR) is 96.2 cm³/mol. The van der Waals surface area contributed by atoms with Crippen LogP contribution in [0.4, 0.5) is 0 Å². The summed E-state index contributed by atoms with van der Waals surface area (Å²) in [7, 11) is 0. The molecule has 0 aromatic carbocycles. The average Bonchev–Trinajstić information content (AvgIpc) is 3.04. The van der Waals surface area contributed by atoms with Crippen LogP contribution in [0.5, 0.6) is 0 Å². The minimum Gasteiger partial charge on any atom is -0.0917 e. The normalized spacial score (nSPS) is 13.6. The SMILES string of the molecule is C/C=C/CC.C/C=C/CCC/C=C/CC.C1=CCCC1. The molecule has 0 spiro atoms. The lowest BCUT2D eigenvalue weighted by Crippen LogP contribution is -1.67. The molecule has 0 saturated heterocycles. The Balaban J connectivity index is 0. The van der Waals surface area contributed by atoms with Gasteiger partial charge >= 0.3 is 0 Å². The van der Waals surface area contributed by atoms with E-state index in [2.05, 4.69) is 69.4 Å². The molecule has 0 heterocycles. The van der Waals surface area contributed by atoms with E-state index in [-0.39, 0.29) is 0 Å². The van der Waals surface area contributed by atoms with Gasteiger partial charge in [-0.1, -0.05) is 62.5 Å². The molecule has 0 aromatic heterocycles. The van der Waals surface area contributed by atoms with Gasteiger partial charge < -0.3 is 0 Å². The highest BCUT2D eigenvalue weighted by molar-refractivity contribution is 4.88. The summed E-state index contributed by atoms with van der Waals surface area (Å²) in [6.45, 7) is 8.40. The van der Waals surface area contributed by atoms with E-state index < -0.39 is 0 Å². The predicted octanol–water partition coefficient (Wildman–Crippen LogP) is 7.40. The Morgan fingerprint density at radius 1 is 0.750 bits per heavy atom. The minimum absolute atomic E-state index is 1.16. The van der Waals surface area contributed by atoms with E-state index in [0.29, 0.717) is 0 Å². The van der Waals surface area contributed by atoms with Crippen molar-refractivity contribution in [2.75, 3.05) is 0 Å². The van der Waals surface area contributed by atoms with Crippen LogP contribution in [0.1, 0.15) is 79.1 Å². The van der Waals surface area contributed by atoms with Gasteiger partial charge in [-0.2, -0.15) is 0 Å². The first-order chi connectivity index (χ1) is 9.83. The van der Waals surface area contributed by atoms with Crippen molar-refractivity contribution in [1.29, 1.82) is 0 Å². The summed E-state index contributed by atoms with van der Waals surface area (Å²) < 4.78 is 0. The van der Waals surface area contributed by atoms with Gasteiger partial charge in [-0.15, -0.1) is 0 Å². The summed E-state index contributed by atoms with van der Waals surface area (Å²) in [5, 5.41) is 0. The molecule has 0 amide bonds. The van der Waals surface area contributed by atoms with Crippen molar-refractivity contribution in [1.82, 2.24) is 0 Å². The van der Waals surface area contributed by atoms with Crippen LogP contribution >= 0.6 is 0 Å². The summed E-state index contributed by atoms with van der Waals surface area (Å²) >= 11 is 0. The van der Waals surface area contributed by atoms with E-state index in [1.165, 1.54) is 44.9 Å². The van der Waals surface area contributed by atoms with Crippen molar-refractivity contribution in [3.05, 3.63) is 48.6 Å². The largest absolute Gasteiger partial charge is 0.0917 e. The van der Waals surface area contributed by atoms with Crippen LogP contribution in [0.2, 0.25) is 0 Å². The number of unbranched alkanes of at least 4 members (excludes halogenated alkanes) is 2. The maximum Gasteiger partial charge on any atom is -0.0348 e. The second kappa shape index (κ2) is 23.1. The zero-order valence-corrected chi connectivity index (χ0v) is 14.3. The molecule has 0 nitrogen and oxygen atoms in total. The number of rotatable bonds is 6. The van der Waals surface area contributed by atoms with Crippen LogP contribution in [0.15, 0.2) is 48.6 Å². The zero-order chi connectivity index (χ0) is 15.3. The molecule has 1 aliphatic carbocycles. The first-order valence-electron chi connectivity index (χ1n) is 8.35. The molecule has 1 aliphatic rings. The molecule has 1 rings (SSSR count). The Bertz CT molecular complexity index is 247. The van der Waals surface area contributed by atoms with Crippen LogP contribution in [0.3, 0.4) is 0 Å². The Kier molecular flexibility index (Phi) is 24.5. The summed E-state index contributed by atoms with van der Waals surface area (Å²) in [6.07, 6.45) is 27.6. The maximum atomic E-state index is 2.27. The van der Waals surface area contributed by atoms with Gasteiger partial charge in [-0.05, 0) is 65.2 Å². The van der Waals surface area contributed by atoms with Crippen molar-refractivity contribution in [3.8, 4) is 0 Å². The molecule has 0 atom stereocenters. The van der Waals surface area contributed by atoms with Gasteiger partial charge in [0.15, 0.2) is 0 Å². The fraction of sp³-hybridized carbons (Fsp3) is 0.600. The summed E-state index contributed by atoms with van der Waals surface area (Å²) in [5.41, 5.74) is 0. The fourth-order valence-electron chi connectivity index (χ4n) is 1.63. The standard InChI is InChI=1S/C10H18.C5H8.C5H10/c1-3-5-7-9-10-8-6-4-2;1-2-4-5-3-1;1-3-5-4-2/h3,5-6,8H,4,7,9-10H2,1-2H3;1-2H,3-5H2;3,5H,4H2,1-2H3/b5-3+,8-6+;;5-3+. The lowest BCUT2D eigenvalue weighted by atomic mass is 10.2. The Hall–Kier alpha value is -1.04. The van der Waals surface area contributed by atoms with E-state index >= 15 is 0 Å². The second-order valence-electron chi connectivity index (χ2n) is 4.76. The molecule has 20 heavy (non-hydrogen) atoms. The quantitative estimate of drug-likeness (QED) is 0.350. The Morgan fingerprint density at radius 2 is 1.30 bits per heavy atom. The summed E-state index contributed by atoms with van der Waals surface area (Å²) in [6, 6.07) is 0. The molecular weight excluding hydrogens is 240 g/mol. The van der Waals surface area contributed by atoms with Crippen molar-refractivity contribution in [2.24, 2.45) is 0 Å². The zero-order valence-electron chi connectivity index (χ0n) is 14.3. The van der Waals surface area contributed by atoms with E-state index in [1.807, 2.05) is 6.92 Å². The van der Waals surface area contributed by atoms with Gasteiger partial charge in [0.2, 0.25) is 0 Å². The van der Waals surface area contributed by atoms with Crippen LogP contribution < -0.4 is 0 Å². The van der Waals surface area contributed by atoms with E-state index in [4.69, 9.17) is 0 Å². The first-order valence-corrected chi connectivity index (χ1v) is 8.35. The molecule has 0 radical (unpaired) electrons. The lowest BCUT2D eigenvalue weighted by Gasteiger charge is -1.88. The molecule has 0 saturated carbocycles. The molecule has 116 valence electrons. The molecule has 0 bridgehead atoms. The highest BCUT2D eigenvalue weighted by Gasteiger charge is 1.84. The van der Waals surface area contributed by atoms with Crippen LogP contribution in [-0.2, 0) is 0 Å². The average molecular weight is 277 g/mol. The topological polar surface area (TPSA) is 0 Å². The van der Waals surface area contributed by atoms with Crippen molar-refractivity contribution in [2.45, 2.75) is 79.1 Å². The van der Waals surface area contributed by atoms with Crippen molar-refractivity contribution >= 4 is 0 Å². The molecule has 0 aliphatic heterocycles. The van der Waals surface area contributed by atoms with Crippen LogP contribution in [0.25, 0.3) is 0 Å². The molecule has 0 heteroatoms. The van der Waals surface area contributed by atoms with E-state index in [0.717, 1.165) is 6.42 Å². The smallest absolute Gasteiger partial charge is 0.0348 e. The lowest BCUT2D eigenvalue weighted by molar-refractivity contribution is 0.864. The number of hydrogen-bond donors (Lipinski definition) is 0. The van der Waals surface area contributed by atoms with Gasteiger partial charge in [0, 0.05) is 0 Å². The number of hydrogen-bond acceptors (Lipinski definition) is 0. The van der Waals surface area contributed by atoms with Gasteiger partial charge in [0.05, 0.1) is 0 Å². The monoisotopic (exact) mass is 276 g/mol. The van der Waals surface area contributed by atoms with E-state index in [1.54, 1.807) is 0 Å². The number of allylic oxidation sites excluding steroid dienone is 8. The minimum atomic E-state index is 1.16. The third-order valence-electron chi connectivity index (χ3n) is 2.76. The molecule has 0 aromatic rings. The third kappa shape index (κ3) is 25.7. The van der Waals surface area contributed by atoms with Crippen molar-refractivity contribution < 1.29 is 0 Å². The molecule has 0 fully saturated rings. The highest BCUT2D eigenvalue weighted by Crippen LogP contribution is 2.05. The Morgan fingerprint density at radius 3 is 1.65 bits per heavy atom. The molecule has 0 N–H and O–H groups in total. The molecular formula is C20H36. The highest BCUT2D eigenvalue weighted by atomic mass is 13.9. The Labute approximate surface area is 128 Å². The van der Waals surface area contributed by atoms with Gasteiger partial charge in [-0.25, -0.2) is 0 Å². The van der Waals surface area contributed by atoms with Crippen molar-refractivity contribution in [3.63, 3.8) is 0 Å². The van der Waals surface area contributed by atoms with Crippen LogP contribution in [0, 0.1) is 0 Å². The van der Waals surface area contributed by atoms with Crippen LogP contribution in [-0.4, -0.2) is 0 Å². The summed E-state index contributed by atoms with van der Waals surface area (Å²) in [4.78, 5) is 0. The van der Waals surface area contributed by atoms with Gasteiger partial charge in [-0.3, -0.25) is 0 Å². The maximum absolute atomic E-state index is 2.27. The van der Waals surface area contributed by atoms with Gasteiger partial charge in [0.25, 0.3) is 0 Å². The molecule has 0 unspecified atom stereocenters. The van der Waals surface area contributed by atoms with E-state index in [9.17, 15) is 0 Å². The van der Waals surface area contributed by atoms with Gasteiger partial charge in [0.1, 0.15) is 0 Å². The first kappa shape index (κ1) is 21.3.